The molecule has 0 saturated carbocycles. The van der Waals surface area contributed by atoms with Crippen LogP contribution in [0.15, 0.2) is 60.8 Å². The number of ether oxygens (including phenoxy) is 2. The van der Waals surface area contributed by atoms with Gasteiger partial charge < -0.3 is 25.4 Å². The SMILES string of the molecule is NC(=O)Cc1ccc(Oc2ccnc(Nc3ccc(N4CCOCC4)cc3)n2)cc1. The fourth-order valence-electron chi connectivity index (χ4n) is 3.16. The van der Waals surface area contributed by atoms with E-state index in [-0.39, 0.29) is 12.3 Å². The summed E-state index contributed by atoms with van der Waals surface area (Å²) < 4.78 is 11.2. The quantitative estimate of drug-likeness (QED) is 0.623. The highest BCUT2D eigenvalue weighted by Crippen LogP contribution is 2.23. The van der Waals surface area contributed by atoms with Gasteiger partial charge in [-0.25, -0.2) is 4.98 Å². The number of morpholine rings is 1. The van der Waals surface area contributed by atoms with E-state index in [1.807, 2.05) is 12.1 Å². The molecule has 2 heterocycles. The Morgan fingerprint density at radius 3 is 2.50 bits per heavy atom. The highest BCUT2D eigenvalue weighted by molar-refractivity contribution is 5.76. The molecule has 4 rings (SSSR count). The molecule has 0 spiro atoms. The van der Waals surface area contributed by atoms with E-state index in [0.29, 0.717) is 17.6 Å². The van der Waals surface area contributed by atoms with Gasteiger partial charge in [-0.2, -0.15) is 4.98 Å². The number of nitrogens with zero attached hydrogens (tertiary/aromatic N) is 3. The van der Waals surface area contributed by atoms with Crippen LogP contribution in [0.1, 0.15) is 5.56 Å². The molecule has 1 saturated heterocycles. The van der Waals surface area contributed by atoms with Gasteiger partial charge in [0, 0.05) is 36.7 Å². The van der Waals surface area contributed by atoms with Crippen molar-refractivity contribution in [3.63, 3.8) is 0 Å². The molecule has 3 aromatic rings. The molecule has 0 unspecified atom stereocenters. The first-order valence-corrected chi connectivity index (χ1v) is 9.74. The summed E-state index contributed by atoms with van der Waals surface area (Å²) in [4.78, 5) is 21.9. The Labute approximate surface area is 174 Å². The Bertz CT molecular complexity index is 986. The summed E-state index contributed by atoms with van der Waals surface area (Å²) in [5, 5.41) is 3.19. The summed E-state index contributed by atoms with van der Waals surface area (Å²) in [5.41, 5.74) is 8.10. The number of benzene rings is 2. The fourth-order valence-corrected chi connectivity index (χ4v) is 3.16. The number of amides is 1. The fraction of sp³-hybridized carbons (Fsp3) is 0.227. The molecule has 3 N–H and O–H groups in total. The number of carbonyl (C=O) groups is 1. The number of nitrogens with two attached hydrogens (primary N) is 1. The van der Waals surface area contributed by atoms with Gasteiger partial charge in [-0.1, -0.05) is 12.1 Å². The second kappa shape index (κ2) is 9.23. The maximum Gasteiger partial charge on any atom is 0.230 e. The molecular formula is C22H23N5O3. The van der Waals surface area contributed by atoms with E-state index in [4.69, 9.17) is 15.2 Å². The van der Waals surface area contributed by atoms with Crippen molar-refractivity contribution in [3.05, 3.63) is 66.4 Å². The summed E-state index contributed by atoms with van der Waals surface area (Å²) >= 11 is 0. The first-order valence-electron chi connectivity index (χ1n) is 9.74. The molecule has 8 heteroatoms. The van der Waals surface area contributed by atoms with Crippen molar-refractivity contribution in [2.45, 2.75) is 6.42 Å². The topological polar surface area (TPSA) is 103 Å². The van der Waals surface area contributed by atoms with Crippen LogP contribution in [0.25, 0.3) is 0 Å². The summed E-state index contributed by atoms with van der Waals surface area (Å²) in [7, 11) is 0. The lowest BCUT2D eigenvalue weighted by Gasteiger charge is -2.28. The molecule has 8 nitrogen and oxygen atoms in total. The van der Waals surface area contributed by atoms with E-state index >= 15 is 0 Å². The second-order valence-electron chi connectivity index (χ2n) is 6.88. The van der Waals surface area contributed by atoms with Crippen LogP contribution in [0.2, 0.25) is 0 Å². The molecule has 1 aliphatic heterocycles. The van der Waals surface area contributed by atoms with E-state index in [1.54, 1.807) is 36.5 Å². The number of rotatable bonds is 7. The lowest BCUT2D eigenvalue weighted by atomic mass is 10.1. The smallest absolute Gasteiger partial charge is 0.230 e. The molecule has 30 heavy (non-hydrogen) atoms. The number of carbonyl (C=O) groups excluding carboxylic acids is 1. The summed E-state index contributed by atoms with van der Waals surface area (Å²) in [6.07, 6.45) is 1.83. The van der Waals surface area contributed by atoms with E-state index in [0.717, 1.165) is 37.6 Å². The number of primary amides is 1. The Hall–Kier alpha value is -3.65. The van der Waals surface area contributed by atoms with Crippen molar-refractivity contribution < 1.29 is 14.3 Å². The van der Waals surface area contributed by atoms with Crippen LogP contribution in [-0.2, 0) is 16.0 Å². The third-order valence-corrected chi connectivity index (χ3v) is 4.65. The molecule has 0 atom stereocenters. The Balaban J connectivity index is 1.39. The first kappa shape index (κ1) is 19.7. The third kappa shape index (κ3) is 5.24. The Morgan fingerprint density at radius 2 is 1.80 bits per heavy atom. The zero-order valence-electron chi connectivity index (χ0n) is 16.5. The molecule has 154 valence electrons. The molecule has 1 aliphatic rings. The standard InChI is InChI=1S/C22H23N5O3/c23-20(28)15-16-1-7-19(8-2-16)30-21-9-10-24-22(26-21)25-17-3-5-18(6-4-17)27-11-13-29-14-12-27/h1-10H,11-15H2,(H2,23,28)(H,24,25,26). The molecule has 2 aromatic carbocycles. The zero-order chi connectivity index (χ0) is 20.8. The number of aromatic nitrogens is 2. The molecule has 0 aliphatic carbocycles. The lowest BCUT2D eigenvalue weighted by molar-refractivity contribution is -0.117. The minimum absolute atomic E-state index is 0.201. The molecule has 0 bridgehead atoms. The van der Waals surface area contributed by atoms with Crippen LogP contribution in [0.4, 0.5) is 17.3 Å². The van der Waals surface area contributed by atoms with Gasteiger partial charge in [-0.05, 0) is 42.0 Å². The van der Waals surface area contributed by atoms with Crippen molar-refractivity contribution in [1.82, 2.24) is 9.97 Å². The maximum absolute atomic E-state index is 11.0. The highest BCUT2D eigenvalue weighted by Gasteiger charge is 2.11. The molecule has 1 aromatic heterocycles. The molecule has 1 fully saturated rings. The second-order valence-corrected chi connectivity index (χ2v) is 6.88. The predicted molar refractivity (Wildman–Crippen MR) is 114 cm³/mol. The van der Waals surface area contributed by atoms with Crippen molar-refractivity contribution >= 4 is 23.2 Å². The maximum atomic E-state index is 11.0. The van der Waals surface area contributed by atoms with E-state index < -0.39 is 0 Å². The van der Waals surface area contributed by atoms with Crippen molar-refractivity contribution in [2.75, 3.05) is 36.5 Å². The average Bonchev–Trinajstić information content (AvgIpc) is 2.76. The van der Waals surface area contributed by atoms with Gasteiger partial charge in [0.1, 0.15) is 5.75 Å². The van der Waals surface area contributed by atoms with E-state index in [2.05, 4.69) is 32.3 Å². The molecule has 1 amide bonds. The lowest BCUT2D eigenvalue weighted by Crippen LogP contribution is -2.36. The van der Waals surface area contributed by atoms with Crippen LogP contribution in [0.3, 0.4) is 0 Å². The zero-order valence-corrected chi connectivity index (χ0v) is 16.5. The van der Waals surface area contributed by atoms with Crippen LogP contribution in [-0.4, -0.2) is 42.2 Å². The number of hydrogen-bond acceptors (Lipinski definition) is 7. The van der Waals surface area contributed by atoms with Gasteiger partial charge >= 0.3 is 0 Å². The molecular weight excluding hydrogens is 382 g/mol. The van der Waals surface area contributed by atoms with Crippen molar-refractivity contribution in [3.8, 4) is 11.6 Å². The van der Waals surface area contributed by atoms with E-state index in [9.17, 15) is 4.79 Å². The van der Waals surface area contributed by atoms with Gasteiger partial charge in [-0.3, -0.25) is 4.79 Å². The summed E-state index contributed by atoms with van der Waals surface area (Å²) in [6.45, 7) is 3.32. The van der Waals surface area contributed by atoms with Crippen LogP contribution < -0.4 is 20.7 Å². The monoisotopic (exact) mass is 405 g/mol. The number of anilines is 3. The van der Waals surface area contributed by atoms with Crippen LogP contribution in [0.5, 0.6) is 11.6 Å². The van der Waals surface area contributed by atoms with Crippen molar-refractivity contribution in [1.29, 1.82) is 0 Å². The minimum Gasteiger partial charge on any atom is -0.439 e. The van der Waals surface area contributed by atoms with Gasteiger partial charge in [-0.15, -0.1) is 0 Å². The average molecular weight is 405 g/mol. The number of hydrogen-bond donors (Lipinski definition) is 2. The van der Waals surface area contributed by atoms with E-state index in [1.165, 1.54) is 5.69 Å². The van der Waals surface area contributed by atoms with Gasteiger partial charge in [0.05, 0.1) is 19.6 Å². The van der Waals surface area contributed by atoms with Gasteiger partial charge in [0.15, 0.2) is 0 Å². The van der Waals surface area contributed by atoms with Crippen LogP contribution in [0, 0.1) is 0 Å². The summed E-state index contributed by atoms with van der Waals surface area (Å²) in [6, 6.07) is 17.0. The van der Waals surface area contributed by atoms with Crippen molar-refractivity contribution in [2.24, 2.45) is 5.73 Å². The minimum atomic E-state index is -0.367. The predicted octanol–water partition coefficient (Wildman–Crippen LogP) is 2.88. The Morgan fingerprint density at radius 1 is 1.07 bits per heavy atom. The molecule has 0 radical (unpaired) electrons. The Kier molecular flexibility index (Phi) is 6.05. The third-order valence-electron chi connectivity index (χ3n) is 4.65. The van der Waals surface area contributed by atoms with Gasteiger partial charge in [0.25, 0.3) is 0 Å². The highest BCUT2D eigenvalue weighted by atomic mass is 16.5. The largest absolute Gasteiger partial charge is 0.439 e. The number of nitrogens with one attached hydrogen (secondary N) is 1. The summed E-state index contributed by atoms with van der Waals surface area (Å²) in [5.74, 6) is 1.10. The van der Waals surface area contributed by atoms with Gasteiger partial charge in [0.2, 0.25) is 17.7 Å². The first-order chi connectivity index (χ1) is 14.7. The normalized spacial score (nSPS) is 13.7. The van der Waals surface area contributed by atoms with Crippen LogP contribution >= 0.6 is 0 Å².